The highest BCUT2D eigenvalue weighted by Crippen LogP contribution is 2.29. The molecule has 0 aliphatic heterocycles. The summed E-state index contributed by atoms with van der Waals surface area (Å²) in [7, 11) is 0. The summed E-state index contributed by atoms with van der Waals surface area (Å²) in [4.78, 5) is 12.6. The molecule has 0 aromatic heterocycles. The summed E-state index contributed by atoms with van der Waals surface area (Å²) in [6, 6.07) is 16.5. The number of nitrogens with one attached hydrogen (secondary N) is 1. The lowest BCUT2D eigenvalue weighted by atomic mass is 9.87. The maximum Gasteiger partial charge on any atom is 0.261 e. The Hall–Kier alpha value is -2.29. The fourth-order valence-electron chi connectivity index (χ4n) is 3.48. The quantitative estimate of drug-likeness (QED) is 0.847. The van der Waals surface area contributed by atoms with E-state index in [2.05, 4.69) is 56.4 Å². The number of hydrogen-bond acceptors (Lipinski definition) is 2. The Bertz CT molecular complexity index is 759. The SMILES string of the molecule is C[C@@H](Oc1ccc(C(C)(C)C)cc1)C(=O)N[C@H]1CCCc2ccccc21. The number of fused-ring (bicyclic) bond motifs is 1. The van der Waals surface area contributed by atoms with Gasteiger partial charge < -0.3 is 10.1 Å². The number of hydrogen-bond donors (Lipinski definition) is 1. The third-order valence-corrected chi connectivity index (χ3v) is 5.09. The molecule has 0 bridgehead atoms. The number of carbonyl (C=O) groups excluding carboxylic acids is 1. The molecule has 0 saturated carbocycles. The predicted octanol–water partition coefficient (Wildman–Crippen LogP) is 4.95. The third-order valence-electron chi connectivity index (χ3n) is 5.09. The van der Waals surface area contributed by atoms with Gasteiger partial charge in [0, 0.05) is 0 Å². The number of carbonyl (C=O) groups is 1. The van der Waals surface area contributed by atoms with Gasteiger partial charge in [0.1, 0.15) is 5.75 Å². The third kappa shape index (κ3) is 4.27. The van der Waals surface area contributed by atoms with Crippen molar-refractivity contribution in [2.24, 2.45) is 0 Å². The van der Waals surface area contributed by atoms with Gasteiger partial charge in [-0.25, -0.2) is 0 Å². The zero-order valence-corrected chi connectivity index (χ0v) is 16.2. The molecule has 1 amide bonds. The standard InChI is InChI=1S/C23H29NO2/c1-16(26-19-14-12-18(13-15-19)23(2,3)4)22(25)24-21-11-7-9-17-8-5-6-10-20(17)21/h5-6,8,10,12-16,21H,7,9,11H2,1-4H3,(H,24,25)/t16-,21+/m1/s1. The van der Waals surface area contributed by atoms with Crippen molar-refractivity contribution in [1.82, 2.24) is 5.32 Å². The van der Waals surface area contributed by atoms with Crippen LogP contribution in [0.5, 0.6) is 5.75 Å². The molecule has 3 heteroatoms. The molecule has 2 aromatic rings. The maximum atomic E-state index is 12.6. The van der Waals surface area contributed by atoms with Crippen LogP contribution in [-0.2, 0) is 16.6 Å². The highest BCUT2D eigenvalue weighted by Gasteiger charge is 2.24. The first-order chi connectivity index (χ1) is 12.3. The molecule has 1 N–H and O–H groups in total. The Morgan fingerprint density at radius 1 is 1.12 bits per heavy atom. The number of amides is 1. The van der Waals surface area contributed by atoms with E-state index >= 15 is 0 Å². The van der Waals surface area contributed by atoms with Crippen LogP contribution in [-0.4, -0.2) is 12.0 Å². The summed E-state index contributed by atoms with van der Waals surface area (Å²) in [5, 5.41) is 3.17. The number of ether oxygens (including phenoxy) is 1. The van der Waals surface area contributed by atoms with Crippen LogP contribution >= 0.6 is 0 Å². The molecule has 2 atom stereocenters. The monoisotopic (exact) mass is 351 g/mol. The van der Waals surface area contributed by atoms with Crippen LogP contribution in [0.15, 0.2) is 48.5 Å². The summed E-state index contributed by atoms with van der Waals surface area (Å²) in [5.41, 5.74) is 3.94. The molecule has 2 aromatic carbocycles. The smallest absolute Gasteiger partial charge is 0.261 e. The van der Waals surface area contributed by atoms with Crippen molar-refractivity contribution in [2.45, 2.75) is 64.5 Å². The lowest BCUT2D eigenvalue weighted by molar-refractivity contribution is -0.128. The Morgan fingerprint density at radius 3 is 2.50 bits per heavy atom. The second-order valence-electron chi connectivity index (χ2n) is 8.19. The van der Waals surface area contributed by atoms with E-state index in [-0.39, 0.29) is 17.4 Å². The average molecular weight is 351 g/mol. The van der Waals surface area contributed by atoms with E-state index in [1.54, 1.807) is 0 Å². The van der Waals surface area contributed by atoms with Gasteiger partial charge in [-0.15, -0.1) is 0 Å². The molecule has 0 radical (unpaired) electrons. The maximum absolute atomic E-state index is 12.6. The molecule has 0 saturated heterocycles. The van der Waals surface area contributed by atoms with E-state index in [1.165, 1.54) is 16.7 Å². The minimum atomic E-state index is -0.524. The van der Waals surface area contributed by atoms with Crippen molar-refractivity contribution < 1.29 is 9.53 Å². The van der Waals surface area contributed by atoms with Gasteiger partial charge in [0.2, 0.25) is 0 Å². The molecule has 0 fully saturated rings. The minimum Gasteiger partial charge on any atom is -0.481 e. The van der Waals surface area contributed by atoms with Gasteiger partial charge in [0.25, 0.3) is 5.91 Å². The second-order valence-corrected chi connectivity index (χ2v) is 8.19. The van der Waals surface area contributed by atoms with Gasteiger partial charge in [-0.05, 0) is 60.4 Å². The van der Waals surface area contributed by atoms with E-state index in [1.807, 2.05) is 25.1 Å². The molecule has 3 rings (SSSR count). The van der Waals surface area contributed by atoms with E-state index < -0.39 is 6.10 Å². The molecule has 0 unspecified atom stereocenters. The fourth-order valence-corrected chi connectivity index (χ4v) is 3.48. The lowest BCUT2D eigenvalue weighted by Crippen LogP contribution is -2.39. The number of aryl methyl sites for hydroxylation is 1. The topological polar surface area (TPSA) is 38.3 Å². The summed E-state index contributed by atoms with van der Waals surface area (Å²) < 4.78 is 5.86. The van der Waals surface area contributed by atoms with E-state index in [4.69, 9.17) is 4.74 Å². The van der Waals surface area contributed by atoms with Gasteiger partial charge >= 0.3 is 0 Å². The highest BCUT2D eigenvalue weighted by molar-refractivity contribution is 5.81. The molecule has 0 spiro atoms. The van der Waals surface area contributed by atoms with Crippen LogP contribution in [0.25, 0.3) is 0 Å². The molecule has 138 valence electrons. The zero-order valence-electron chi connectivity index (χ0n) is 16.2. The summed E-state index contributed by atoms with van der Waals surface area (Å²) in [5.74, 6) is 0.663. The lowest BCUT2D eigenvalue weighted by Gasteiger charge is -2.27. The average Bonchev–Trinajstić information content (AvgIpc) is 2.61. The summed E-state index contributed by atoms with van der Waals surface area (Å²) >= 11 is 0. The van der Waals surface area contributed by atoms with Crippen LogP contribution in [0.1, 0.15) is 63.3 Å². The van der Waals surface area contributed by atoms with Crippen LogP contribution in [0, 0.1) is 0 Å². The normalized spacial score (nSPS) is 17.9. The summed E-state index contributed by atoms with van der Waals surface area (Å²) in [6.07, 6.45) is 2.65. The van der Waals surface area contributed by atoms with Crippen molar-refractivity contribution in [3.8, 4) is 5.75 Å². The van der Waals surface area contributed by atoms with Crippen LogP contribution < -0.4 is 10.1 Å². The van der Waals surface area contributed by atoms with Gasteiger partial charge in [-0.1, -0.05) is 57.2 Å². The van der Waals surface area contributed by atoms with Crippen LogP contribution in [0.2, 0.25) is 0 Å². The largest absolute Gasteiger partial charge is 0.481 e. The highest BCUT2D eigenvalue weighted by atomic mass is 16.5. The molecule has 1 aliphatic carbocycles. The fraction of sp³-hybridized carbons (Fsp3) is 0.435. The van der Waals surface area contributed by atoms with Gasteiger partial charge in [0.15, 0.2) is 6.10 Å². The van der Waals surface area contributed by atoms with Crippen molar-refractivity contribution >= 4 is 5.91 Å². The van der Waals surface area contributed by atoms with E-state index in [9.17, 15) is 4.79 Å². The first-order valence-corrected chi connectivity index (χ1v) is 9.50. The molecule has 1 aliphatic rings. The van der Waals surface area contributed by atoms with Crippen molar-refractivity contribution in [3.05, 3.63) is 65.2 Å². The molecule has 26 heavy (non-hydrogen) atoms. The Morgan fingerprint density at radius 2 is 1.81 bits per heavy atom. The van der Waals surface area contributed by atoms with E-state index in [0.29, 0.717) is 0 Å². The number of benzene rings is 2. The Balaban J connectivity index is 1.62. The van der Waals surface area contributed by atoms with Crippen molar-refractivity contribution in [2.75, 3.05) is 0 Å². The number of rotatable bonds is 4. The predicted molar refractivity (Wildman–Crippen MR) is 105 cm³/mol. The molecule has 3 nitrogen and oxygen atoms in total. The van der Waals surface area contributed by atoms with Gasteiger partial charge in [-0.2, -0.15) is 0 Å². The first-order valence-electron chi connectivity index (χ1n) is 9.50. The zero-order chi connectivity index (χ0) is 18.7. The molecular formula is C23H29NO2. The second kappa shape index (κ2) is 7.53. The molecule has 0 heterocycles. The van der Waals surface area contributed by atoms with Crippen molar-refractivity contribution in [1.29, 1.82) is 0 Å². The molecular weight excluding hydrogens is 322 g/mol. The van der Waals surface area contributed by atoms with Crippen LogP contribution in [0.4, 0.5) is 0 Å². The summed E-state index contributed by atoms with van der Waals surface area (Å²) in [6.45, 7) is 8.35. The Kier molecular flexibility index (Phi) is 5.36. The van der Waals surface area contributed by atoms with Gasteiger partial charge in [-0.3, -0.25) is 4.79 Å². The first kappa shape index (κ1) is 18.5. The van der Waals surface area contributed by atoms with Gasteiger partial charge in [0.05, 0.1) is 6.04 Å². The van der Waals surface area contributed by atoms with Crippen molar-refractivity contribution in [3.63, 3.8) is 0 Å². The van der Waals surface area contributed by atoms with Crippen LogP contribution in [0.3, 0.4) is 0 Å². The Labute approximate surface area is 156 Å². The minimum absolute atomic E-state index is 0.0633. The van der Waals surface area contributed by atoms with E-state index in [0.717, 1.165) is 25.0 Å².